The van der Waals surface area contributed by atoms with Crippen molar-refractivity contribution >= 4 is 6.03 Å². The summed E-state index contributed by atoms with van der Waals surface area (Å²) in [4.78, 5) is 11.6. The van der Waals surface area contributed by atoms with E-state index < -0.39 is 6.10 Å². The highest BCUT2D eigenvalue weighted by atomic mass is 16.5. The molecule has 0 aliphatic carbocycles. The molecule has 0 aromatic carbocycles. The van der Waals surface area contributed by atoms with Gasteiger partial charge in [-0.1, -0.05) is 0 Å². The quantitative estimate of drug-likeness (QED) is 0.698. The van der Waals surface area contributed by atoms with Crippen LogP contribution in [0.3, 0.4) is 0 Å². The molecule has 0 saturated carbocycles. The van der Waals surface area contributed by atoms with Crippen LogP contribution in [0, 0.1) is 6.92 Å². The number of amides is 2. The normalized spacial score (nSPS) is 13.9. The van der Waals surface area contributed by atoms with Crippen LogP contribution in [-0.2, 0) is 4.74 Å². The van der Waals surface area contributed by atoms with Crippen molar-refractivity contribution in [2.75, 3.05) is 20.3 Å². The molecule has 0 fully saturated rings. The molecule has 2 atom stereocenters. The first-order chi connectivity index (χ1) is 9.02. The Morgan fingerprint density at radius 3 is 2.84 bits per heavy atom. The van der Waals surface area contributed by atoms with E-state index in [1.54, 1.807) is 0 Å². The number of aryl methyl sites for hydroxylation is 1. The van der Waals surface area contributed by atoms with Crippen molar-refractivity contribution in [1.29, 1.82) is 0 Å². The van der Waals surface area contributed by atoms with E-state index in [0.29, 0.717) is 18.7 Å². The molecule has 19 heavy (non-hydrogen) atoms. The third kappa shape index (κ3) is 5.76. The van der Waals surface area contributed by atoms with Crippen molar-refractivity contribution in [1.82, 2.24) is 10.6 Å². The van der Waals surface area contributed by atoms with E-state index >= 15 is 0 Å². The summed E-state index contributed by atoms with van der Waals surface area (Å²) in [5.41, 5.74) is 0. The predicted octanol–water partition coefficient (Wildman–Crippen LogP) is 1.35. The summed E-state index contributed by atoms with van der Waals surface area (Å²) in [7, 11) is 1.52. The first-order valence-corrected chi connectivity index (χ1v) is 6.30. The number of methoxy groups -OCH3 is 1. The highest BCUT2D eigenvalue weighted by Gasteiger charge is 2.12. The average molecular weight is 270 g/mol. The molecule has 6 nitrogen and oxygen atoms in total. The third-order valence-electron chi connectivity index (χ3n) is 2.66. The monoisotopic (exact) mass is 270 g/mol. The van der Waals surface area contributed by atoms with Crippen LogP contribution in [0.25, 0.3) is 0 Å². The number of hydrogen-bond donors (Lipinski definition) is 3. The Labute approximate surface area is 113 Å². The van der Waals surface area contributed by atoms with Gasteiger partial charge in [0.25, 0.3) is 0 Å². The molecular formula is C13H22N2O4. The number of rotatable bonds is 7. The molecule has 2 amide bonds. The smallest absolute Gasteiger partial charge is 0.315 e. The molecule has 0 bridgehead atoms. The average Bonchev–Trinajstić information content (AvgIpc) is 2.76. The second kappa shape index (κ2) is 7.81. The van der Waals surface area contributed by atoms with Gasteiger partial charge in [0, 0.05) is 13.7 Å². The van der Waals surface area contributed by atoms with Crippen molar-refractivity contribution in [3.05, 3.63) is 23.7 Å². The van der Waals surface area contributed by atoms with Gasteiger partial charge in [-0.05, 0) is 32.4 Å². The molecule has 3 N–H and O–H groups in total. The maximum absolute atomic E-state index is 11.6. The van der Waals surface area contributed by atoms with Gasteiger partial charge in [-0.2, -0.15) is 0 Å². The Balaban J connectivity index is 2.24. The lowest BCUT2D eigenvalue weighted by atomic mass is 10.2. The van der Waals surface area contributed by atoms with Gasteiger partial charge in [-0.3, -0.25) is 0 Å². The minimum absolute atomic E-state index is 0.197. The summed E-state index contributed by atoms with van der Waals surface area (Å²) in [5.74, 6) is 1.53. The zero-order chi connectivity index (χ0) is 14.3. The van der Waals surface area contributed by atoms with Gasteiger partial charge in [-0.15, -0.1) is 0 Å². The Morgan fingerprint density at radius 1 is 1.53 bits per heavy atom. The number of nitrogens with one attached hydrogen (secondary N) is 2. The fourth-order valence-electron chi connectivity index (χ4n) is 1.63. The third-order valence-corrected chi connectivity index (χ3v) is 2.66. The van der Waals surface area contributed by atoms with Crippen LogP contribution in [-0.4, -0.2) is 37.5 Å². The van der Waals surface area contributed by atoms with Crippen LogP contribution < -0.4 is 10.6 Å². The molecule has 0 saturated heterocycles. The molecular weight excluding hydrogens is 248 g/mol. The first-order valence-electron chi connectivity index (χ1n) is 6.30. The van der Waals surface area contributed by atoms with E-state index in [1.807, 2.05) is 26.0 Å². The van der Waals surface area contributed by atoms with Gasteiger partial charge < -0.3 is 24.9 Å². The van der Waals surface area contributed by atoms with Gasteiger partial charge in [0.15, 0.2) is 0 Å². The van der Waals surface area contributed by atoms with Gasteiger partial charge >= 0.3 is 6.03 Å². The molecule has 1 rings (SSSR count). The number of aliphatic hydroxyl groups excluding tert-OH is 1. The summed E-state index contributed by atoms with van der Waals surface area (Å²) in [6.07, 6.45) is -0.106. The largest absolute Gasteiger partial charge is 0.464 e. The Kier molecular flexibility index (Phi) is 6.38. The molecule has 1 aromatic rings. The topological polar surface area (TPSA) is 83.7 Å². The molecule has 108 valence electrons. The van der Waals surface area contributed by atoms with Crippen LogP contribution in [0.4, 0.5) is 4.79 Å². The zero-order valence-electron chi connectivity index (χ0n) is 11.6. The highest BCUT2D eigenvalue weighted by Crippen LogP contribution is 2.15. The summed E-state index contributed by atoms with van der Waals surface area (Å²) >= 11 is 0. The lowest BCUT2D eigenvalue weighted by molar-refractivity contribution is 0.0598. The maximum atomic E-state index is 11.6. The lowest BCUT2D eigenvalue weighted by Gasteiger charge is -2.14. The minimum Gasteiger partial charge on any atom is -0.464 e. The lowest BCUT2D eigenvalue weighted by Crippen LogP contribution is -2.38. The predicted molar refractivity (Wildman–Crippen MR) is 70.9 cm³/mol. The standard InChI is InChI=1S/C13H22N2O4/c1-9-4-5-12(19-9)10(2)15-13(17)14-7-6-11(16)8-18-3/h4-5,10-11,16H,6-8H2,1-3H3,(H2,14,15,17). The number of carbonyl (C=O) groups excluding carboxylic acids is 1. The summed E-state index contributed by atoms with van der Waals surface area (Å²) in [5, 5.41) is 14.8. The van der Waals surface area contributed by atoms with E-state index in [9.17, 15) is 9.90 Å². The van der Waals surface area contributed by atoms with E-state index in [0.717, 1.165) is 5.76 Å². The summed E-state index contributed by atoms with van der Waals surface area (Å²) in [6.45, 7) is 4.36. The fraction of sp³-hybridized carbons (Fsp3) is 0.615. The molecule has 1 heterocycles. The summed E-state index contributed by atoms with van der Waals surface area (Å²) < 4.78 is 10.2. The second-order valence-electron chi connectivity index (χ2n) is 4.47. The molecule has 0 spiro atoms. The number of urea groups is 1. The number of aliphatic hydroxyl groups is 1. The van der Waals surface area contributed by atoms with E-state index in [-0.39, 0.29) is 18.7 Å². The second-order valence-corrected chi connectivity index (χ2v) is 4.47. The van der Waals surface area contributed by atoms with Gasteiger partial charge in [0.1, 0.15) is 11.5 Å². The van der Waals surface area contributed by atoms with Crippen molar-refractivity contribution in [3.63, 3.8) is 0 Å². The SMILES string of the molecule is COCC(O)CCNC(=O)NC(C)c1ccc(C)o1. The Morgan fingerprint density at radius 2 is 2.26 bits per heavy atom. The molecule has 0 aliphatic heterocycles. The number of furan rings is 1. The molecule has 1 aromatic heterocycles. The van der Waals surface area contributed by atoms with Crippen LogP contribution in [0.2, 0.25) is 0 Å². The van der Waals surface area contributed by atoms with E-state index in [4.69, 9.17) is 9.15 Å². The van der Waals surface area contributed by atoms with Crippen molar-refractivity contribution in [2.45, 2.75) is 32.4 Å². The van der Waals surface area contributed by atoms with Gasteiger partial charge in [0.2, 0.25) is 0 Å². The van der Waals surface area contributed by atoms with Crippen molar-refractivity contribution in [3.8, 4) is 0 Å². The summed E-state index contributed by atoms with van der Waals surface area (Å²) in [6, 6.07) is 3.21. The number of carbonyl (C=O) groups is 1. The molecule has 0 radical (unpaired) electrons. The highest BCUT2D eigenvalue weighted by molar-refractivity contribution is 5.74. The fourth-order valence-corrected chi connectivity index (χ4v) is 1.63. The van der Waals surface area contributed by atoms with Crippen molar-refractivity contribution < 1.29 is 19.1 Å². The van der Waals surface area contributed by atoms with Crippen LogP contribution in [0.5, 0.6) is 0 Å². The molecule has 6 heteroatoms. The Hall–Kier alpha value is -1.53. The molecule has 2 unspecified atom stereocenters. The molecule has 0 aliphatic rings. The van der Waals surface area contributed by atoms with Gasteiger partial charge in [-0.25, -0.2) is 4.79 Å². The first kappa shape index (κ1) is 15.5. The van der Waals surface area contributed by atoms with Crippen LogP contribution in [0.1, 0.15) is 30.9 Å². The van der Waals surface area contributed by atoms with Crippen molar-refractivity contribution in [2.24, 2.45) is 0 Å². The van der Waals surface area contributed by atoms with Crippen LogP contribution in [0.15, 0.2) is 16.5 Å². The number of ether oxygens (including phenoxy) is 1. The number of hydrogen-bond acceptors (Lipinski definition) is 4. The van der Waals surface area contributed by atoms with E-state index in [2.05, 4.69) is 10.6 Å². The zero-order valence-corrected chi connectivity index (χ0v) is 11.6. The minimum atomic E-state index is -0.560. The van der Waals surface area contributed by atoms with Gasteiger partial charge in [0.05, 0.1) is 18.8 Å². The van der Waals surface area contributed by atoms with E-state index in [1.165, 1.54) is 7.11 Å². The van der Waals surface area contributed by atoms with Crippen LogP contribution >= 0.6 is 0 Å². The maximum Gasteiger partial charge on any atom is 0.315 e. The Bertz CT molecular complexity index is 392.